The second-order valence-corrected chi connectivity index (χ2v) is 6.46. The maximum absolute atomic E-state index is 11.5. The summed E-state index contributed by atoms with van der Waals surface area (Å²) in [6.45, 7) is 11.0. The molecule has 0 spiro atoms. The lowest BCUT2D eigenvalue weighted by atomic mass is 9.81. The van der Waals surface area contributed by atoms with Crippen LogP contribution in [0, 0.1) is 18.3 Å². The summed E-state index contributed by atoms with van der Waals surface area (Å²) in [6.07, 6.45) is -0.381. The van der Waals surface area contributed by atoms with E-state index in [1.54, 1.807) is 13.0 Å². The van der Waals surface area contributed by atoms with Gasteiger partial charge in [0.1, 0.15) is 17.1 Å². The van der Waals surface area contributed by atoms with E-state index in [0.29, 0.717) is 30.2 Å². The van der Waals surface area contributed by atoms with Crippen LogP contribution in [0.2, 0.25) is 0 Å². The minimum atomic E-state index is -0.391. The minimum Gasteiger partial charge on any atom is -0.465 e. The van der Waals surface area contributed by atoms with Crippen LogP contribution in [-0.2, 0) is 11.3 Å². The van der Waals surface area contributed by atoms with Gasteiger partial charge in [0.15, 0.2) is 0 Å². The van der Waals surface area contributed by atoms with Gasteiger partial charge in [-0.05, 0) is 18.9 Å². The Balaban J connectivity index is 2.59. The van der Waals surface area contributed by atoms with Crippen molar-refractivity contribution in [1.29, 1.82) is 0 Å². The minimum absolute atomic E-state index is 0.207. The molecule has 5 heteroatoms. The summed E-state index contributed by atoms with van der Waals surface area (Å²) < 4.78 is 10.2. The van der Waals surface area contributed by atoms with Gasteiger partial charge in [-0.1, -0.05) is 27.7 Å². The van der Waals surface area contributed by atoms with Crippen molar-refractivity contribution in [2.45, 2.75) is 47.3 Å². The number of rotatable bonds is 7. The summed E-state index contributed by atoms with van der Waals surface area (Å²) in [5.74, 6) is 1.06. The van der Waals surface area contributed by atoms with Gasteiger partial charge in [-0.15, -0.1) is 0 Å². The fourth-order valence-electron chi connectivity index (χ4n) is 2.46. The molecule has 1 aromatic rings. The van der Waals surface area contributed by atoms with Crippen molar-refractivity contribution in [3.05, 3.63) is 23.2 Å². The Bertz CT molecular complexity index is 477. The van der Waals surface area contributed by atoms with E-state index in [1.807, 2.05) is 27.7 Å². The van der Waals surface area contributed by atoms with Gasteiger partial charge in [-0.2, -0.15) is 0 Å². The fourth-order valence-corrected chi connectivity index (χ4v) is 2.46. The molecule has 0 radical (unpaired) electrons. The van der Waals surface area contributed by atoms with Gasteiger partial charge in [0.2, 0.25) is 0 Å². The van der Waals surface area contributed by atoms with E-state index in [-0.39, 0.29) is 17.4 Å². The highest BCUT2D eigenvalue weighted by Gasteiger charge is 2.29. The molecule has 1 aromatic heterocycles. The number of carbonyl (C=O) groups is 1. The molecule has 1 heterocycles. The highest BCUT2D eigenvalue weighted by Crippen LogP contribution is 2.25. The van der Waals surface area contributed by atoms with Crippen LogP contribution in [0.5, 0.6) is 0 Å². The highest BCUT2D eigenvalue weighted by atomic mass is 16.5. The van der Waals surface area contributed by atoms with Crippen LogP contribution in [-0.4, -0.2) is 30.8 Å². The number of nitrogens with one attached hydrogen (secondary N) is 1. The molecular formula is C16H27NO4. The van der Waals surface area contributed by atoms with Gasteiger partial charge in [0.05, 0.1) is 19.8 Å². The van der Waals surface area contributed by atoms with Gasteiger partial charge in [0, 0.05) is 12.0 Å². The Hall–Kier alpha value is -1.33. The lowest BCUT2D eigenvalue weighted by Crippen LogP contribution is -2.41. The average molecular weight is 297 g/mol. The zero-order valence-electron chi connectivity index (χ0n) is 13.8. The number of hydrogen-bond donors (Lipinski definition) is 2. The molecule has 0 saturated heterocycles. The van der Waals surface area contributed by atoms with E-state index >= 15 is 0 Å². The number of methoxy groups -OCH3 is 1. The predicted octanol–water partition coefficient (Wildman–Crippen LogP) is 2.51. The quantitative estimate of drug-likeness (QED) is 0.757. The molecule has 0 amide bonds. The van der Waals surface area contributed by atoms with Crippen molar-refractivity contribution in [3.63, 3.8) is 0 Å². The van der Waals surface area contributed by atoms with Crippen LogP contribution in [0.4, 0.5) is 0 Å². The number of aliphatic hydroxyl groups is 1. The molecule has 1 unspecified atom stereocenters. The Kier molecular flexibility index (Phi) is 5.98. The molecule has 120 valence electrons. The SMILES string of the molecule is COC(=O)c1cc(CNCC(C)(C)C(O)C(C)C)oc1C. The first kappa shape index (κ1) is 17.7. The highest BCUT2D eigenvalue weighted by molar-refractivity contribution is 5.90. The van der Waals surface area contributed by atoms with Gasteiger partial charge >= 0.3 is 5.97 Å². The lowest BCUT2D eigenvalue weighted by Gasteiger charge is -2.33. The summed E-state index contributed by atoms with van der Waals surface area (Å²) in [6, 6.07) is 1.69. The molecule has 5 nitrogen and oxygen atoms in total. The van der Waals surface area contributed by atoms with Crippen molar-refractivity contribution in [3.8, 4) is 0 Å². The Morgan fingerprint density at radius 2 is 2.10 bits per heavy atom. The molecule has 0 aliphatic heterocycles. The number of esters is 1. The third kappa shape index (κ3) is 4.58. The maximum Gasteiger partial charge on any atom is 0.341 e. The molecule has 2 N–H and O–H groups in total. The first-order chi connectivity index (χ1) is 9.69. The molecule has 0 fully saturated rings. The molecule has 21 heavy (non-hydrogen) atoms. The predicted molar refractivity (Wildman–Crippen MR) is 81.1 cm³/mol. The molecule has 0 aliphatic rings. The van der Waals surface area contributed by atoms with E-state index in [9.17, 15) is 9.90 Å². The topological polar surface area (TPSA) is 71.7 Å². The van der Waals surface area contributed by atoms with E-state index in [1.165, 1.54) is 7.11 Å². The van der Waals surface area contributed by atoms with Gasteiger partial charge in [-0.3, -0.25) is 0 Å². The Labute approximate surface area is 126 Å². The molecular weight excluding hydrogens is 270 g/mol. The number of aryl methyl sites for hydroxylation is 1. The maximum atomic E-state index is 11.5. The molecule has 1 atom stereocenters. The first-order valence-electron chi connectivity index (χ1n) is 7.25. The van der Waals surface area contributed by atoms with Crippen molar-refractivity contribution in [1.82, 2.24) is 5.32 Å². The summed E-state index contributed by atoms with van der Waals surface area (Å²) in [5, 5.41) is 13.4. The van der Waals surface area contributed by atoms with Crippen LogP contribution < -0.4 is 5.32 Å². The van der Waals surface area contributed by atoms with Gasteiger partial charge in [-0.25, -0.2) is 4.79 Å². The number of furan rings is 1. The van der Waals surface area contributed by atoms with Crippen molar-refractivity contribution >= 4 is 5.97 Å². The smallest absolute Gasteiger partial charge is 0.341 e. The zero-order valence-corrected chi connectivity index (χ0v) is 13.8. The second-order valence-electron chi connectivity index (χ2n) is 6.46. The molecule has 1 rings (SSSR count). The van der Waals surface area contributed by atoms with Gasteiger partial charge < -0.3 is 19.6 Å². The largest absolute Gasteiger partial charge is 0.465 e. The standard InChI is InChI=1S/C16H27NO4/c1-10(2)14(18)16(4,5)9-17-8-12-7-13(11(3)21-12)15(19)20-6/h7,10,14,17-18H,8-9H2,1-6H3. The second kappa shape index (κ2) is 7.09. The van der Waals surface area contributed by atoms with E-state index < -0.39 is 5.97 Å². The summed E-state index contributed by atoms with van der Waals surface area (Å²) in [5.41, 5.74) is 0.219. The van der Waals surface area contributed by atoms with Crippen LogP contribution in [0.15, 0.2) is 10.5 Å². The van der Waals surface area contributed by atoms with Gasteiger partial charge in [0.25, 0.3) is 0 Å². The van der Waals surface area contributed by atoms with E-state index in [2.05, 4.69) is 5.32 Å². The number of hydrogen-bond acceptors (Lipinski definition) is 5. The fraction of sp³-hybridized carbons (Fsp3) is 0.688. The third-order valence-corrected chi connectivity index (χ3v) is 3.69. The van der Waals surface area contributed by atoms with E-state index in [0.717, 1.165) is 0 Å². The number of aliphatic hydroxyl groups excluding tert-OH is 1. The summed E-state index contributed by atoms with van der Waals surface area (Å²) in [7, 11) is 1.35. The van der Waals surface area contributed by atoms with E-state index in [4.69, 9.17) is 9.15 Å². The zero-order chi connectivity index (χ0) is 16.2. The molecule has 0 aromatic carbocycles. The van der Waals surface area contributed by atoms with Crippen LogP contribution in [0.25, 0.3) is 0 Å². The van der Waals surface area contributed by atoms with Crippen molar-refractivity contribution < 1.29 is 19.1 Å². The third-order valence-electron chi connectivity index (χ3n) is 3.69. The normalized spacial score (nSPS) is 13.5. The average Bonchev–Trinajstić information content (AvgIpc) is 2.77. The number of carbonyl (C=O) groups excluding carboxylic acids is 1. The van der Waals surface area contributed by atoms with Crippen molar-refractivity contribution in [2.24, 2.45) is 11.3 Å². The van der Waals surface area contributed by atoms with Crippen molar-refractivity contribution in [2.75, 3.05) is 13.7 Å². The van der Waals surface area contributed by atoms with Crippen LogP contribution in [0.3, 0.4) is 0 Å². The van der Waals surface area contributed by atoms with Crippen LogP contribution >= 0.6 is 0 Å². The lowest BCUT2D eigenvalue weighted by molar-refractivity contribution is 0.0132. The monoisotopic (exact) mass is 297 g/mol. The van der Waals surface area contributed by atoms with Crippen LogP contribution in [0.1, 0.15) is 49.6 Å². The molecule has 0 saturated carbocycles. The Morgan fingerprint density at radius 1 is 1.48 bits per heavy atom. The molecule has 0 bridgehead atoms. The Morgan fingerprint density at radius 3 is 2.62 bits per heavy atom. The molecule has 0 aliphatic carbocycles. The summed E-state index contributed by atoms with van der Waals surface area (Å²) in [4.78, 5) is 11.5. The summed E-state index contributed by atoms with van der Waals surface area (Å²) >= 11 is 0. The number of ether oxygens (including phenoxy) is 1. The first-order valence-corrected chi connectivity index (χ1v) is 7.25.